The van der Waals surface area contributed by atoms with Crippen LogP contribution in [-0.2, 0) is 0 Å². The summed E-state index contributed by atoms with van der Waals surface area (Å²) < 4.78 is 0. The molecular formula is C15H12Cl2N2O3. The summed E-state index contributed by atoms with van der Waals surface area (Å²) in [5.74, 6) is -0.536. The molecule has 1 unspecified atom stereocenters. The highest BCUT2D eigenvalue weighted by atomic mass is 35.5. The predicted molar refractivity (Wildman–Crippen MR) is 85.4 cm³/mol. The molecule has 22 heavy (non-hydrogen) atoms. The average Bonchev–Trinajstić information content (AvgIpc) is 2.47. The lowest BCUT2D eigenvalue weighted by atomic mass is 10.1. The van der Waals surface area contributed by atoms with Crippen molar-refractivity contribution in [3.8, 4) is 0 Å². The second-order valence-electron chi connectivity index (χ2n) is 4.67. The van der Waals surface area contributed by atoms with E-state index in [0.717, 1.165) is 11.6 Å². The van der Waals surface area contributed by atoms with Gasteiger partial charge in [0.15, 0.2) is 0 Å². The number of carbonyl (C=O) groups excluding carboxylic acids is 1. The van der Waals surface area contributed by atoms with E-state index in [9.17, 15) is 14.9 Å². The molecule has 0 fully saturated rings. The molecule has 1 amide bonds. The normalized spacial score (nSPS) is 11.8. The molecule has 0 aromatic heterocycles. The van der Waals surface area contributed by atoms with Crippen molar-refractivity contribution >= 4 is 34.8 Å². The zero-order valence-corrected chi connectivity index (χ0v) is 13.1. The number of nitro groups is 1. The number of nitro benzene ring substituents is 1. The fraction of sp³-hybridized carbons (Fsp3) is 0.133. The fourth-order valence-corrected chi connectivity index (χ4v) is 2.25. The maximum absolute atomic E-state index is 12.2. The number of nitrogens with one attached hydrogen (secondary N) is 1. The van der Waals surface area contributed by atoms with Crippen LogP contribution in [0.3, 0.4) is 0 Å². The van der Waals surface area contributed by atoms with Gasteiger partial charge in [0.05, 0.1) is 11.0 Å². The summed E-state index contributed by atoms with van der Waals surface area (Å²) in [5, 5.41) is 14.5. The first-order valence-electron chi connectivity index (χ1n) is 6.38. The van der Waals surface area contributed by atoms with Gasteiger partial charge in [0.1, 0.15) is 5.56 Å². The van der Waals surface area contributed by atoms with E-state index in [1.165, 1.54) is 12.1 Å². The number of amides is 1. The van der Waals surface area contributed by atoms with Crippen molar-refractivity contribution in [1.29, 1.82) is 0 Å². The minimum Gasteiger partial charge on any atom is -0.345 e. The molecule has 0 spiro atoms. The Labute approximate surface area is 137 Å². The molecule has 0 saturated carbocycles. The maximum Gasteiger partial charge on any atom is 0.283 e. The van der Waals surface area contributed by atoms with Crippen LogP contribution in [0.15, 0.2) is 42.5 Å². The molecule has 1 N–H and O–H groups in total. The Hall–Kier alpha value is -2.11. The Balaban J connectivity index is 2.22. The summed E-state index contributed by atoms with van der Waals surface area (Å²) in [5.41, 5.74) is 0.484. The number of benzene rings is 2. The SMILES string of the molecule is CC(NC(=O)c1ccc(Cl)cc1[N+](=O)[O-])c1ccc(Cl)cc1. The largest absolute Gasteiger partial charge is 0.345 e. The number of carbonyl (C=O) groups is 1. The third kappa shape index (κ3) is 3.75. The Morgan fingerprint density at radius 3 is 2.32 bits per heavy atom. The smallest absolute Gasteiger partial charge is 0.283 e. The van der Waals surface area contributed by atoms with Crippen LogP contribution in [0, 0.1) is 10.1 Å². The Morgan fingerprint density at radius 1 is 1.14 bits per heavy atom. The molecule has 7 heteroatoms. The van der Waals surface area contributed by atoms with Crippen molar-refractivity contribution in [2.45, 2.75) is 13.0 Å². The van der Waals surface area contributed by atoms with Crippen molar-refractivity contribution in [2.75, 3.05) is 0 Å². The number of halogens is 2. The Bertz CT molecular complexity index is 717. The first-order valence-corrected chi connectivity index (χ1v) is 7.14. The minimum atomic E-state index is -0.631. The van der Waals surface area contributed by atoms with Gasteiger partial charge in [-0.05, 0) is 36.8 Å². The van der Waals surface area contributed by atoms with Gasteiger partial charge in [0, 0.05) is 16.1 Å². The molecular weight excluding hydrogens is 327 g/mol. The lowest BCUT2D eigenvalue weighted by Gasteiger charge is -2.14. The summed E-state index contributed by atoms with van der Waals surface area (Å²) in [6, 6.07) is 10.6. The third-order valence-corrected chi connectivity index (χ3v) is 3.61. The van der Waals surface area contributed by atoms with Crippen molar-refractivity contribution in [2.24, 2.45) is 0 Å². The fourth-order valence-electron chi connectivity index (χ4n) is 1.96. The zero-order chi connectivity index (χ0) is 16.3. The molecule has 114 valence electrons. The molecule has 0 bridgehead atoms. The van der Waals surface area contributed by atoms with E-state index < -0.39 is 10.8 Å². The number of nitrogens with zero attached hydrogens (tertiary/aromatic N) is 1. The molecule has 2 rings (SSSR count). The summed E-state index contributed by atoms with van der Waals surface area (Å²) in [7, 11) is 0. The van der Waals surface area contributed by atoms with Crippen LogP contribution in [0.5, 0.6) is 0 Å². The molecule has 2 aromatic rings. The number of rotatable bonds is 4. The second-order valence-corrected chi connectivity index (χ2v) is 5.54. The highest BCUT2D eigenvalue weighted by Gasteiger charge is 2.22. The van der Waals surface area contributed by atoms with Crippen LogP contribution < -0.4 is 5.32 Å². The van der Waals surface area contributed by atoms with E-state index in [1.807, 2.05) is 0 Å². The van der Waals surface area contributed by atoms with Crippen LogP contribution in [0.2, 0.25) is 10.0 Å². The van der Waals surface area contributed by atoms with Gasteiger partial charge >= 0.3 is 0 Å². The molecule has 0 aliphatic heterocycles. The molecule has 0 saturated heterocycles. The zero-order valence-electron chi connectivity index (χ0n) is 11.5. The van der Waals surface area contributed by atoms with Gasteiger partial charge in [0.2, 0.25) is 0 Å². The first-order chi connectivity index (χ1) is 10.4. The van der Waals surface area contributed by atoms with Gasteiger partial charge < -0.3 is 5.32 Å². The molecule has 0 heterocycles. The van der Waals surface area contributed by atoms with Crippen LogP contribution in [-0.4, -0.2) is 10.8 Å². The molecule has 2 aromatic carbocycles. The quantitative estimate of drug-likeness (QED) is 0.663. The van der Waals surface area contributed by atoms with Crippen molar-refractivity contribution in [1.82, 2.24) is 5.32 Å². The van der Waals surface area contributed by atoms with Crippen molar-refractivity contribution in [3.05, 3.63) is 73.8 Å². The Morgan fingerprint density at radius 2 is 1.73 bits per heavy atom. The van der Waals surface area contributed by atoms with Gasteiger partial charge in [-0.15, -0.1) is 0 Å². The molecule has 5 nitrogen and oxygen atoms in total. The molecule has 0 aliphatic rings. The molecule has 0 aliphatic carbocycles. The van der Waals surface area contributed by atoms with E-state index >= 15 is 0 Å². The van der Waals surface area contributed by atoms with Crippen molar-refractivity contribution in [3.63, 3.8) is 0 Å². The Kier molecular flexibility index (Phi) is 5.00. The lowest BCUT2D eigenvalue weighted by molar-refractivity contribution is -0.385. The minimum absolute atomic E-state index is 0.0322. The number of hydrogen-bond donors (Lipinski definition) is 1. The monoisotopic (exact) mass is 338 g/mol. The van der Waals surface area contributed by atoms with E-state index in [0.29, 0.717) is 5.02 Å². The molecule has 0 radical (unpaired) electrons. The molecule has 1 atom stereocenters. The summed E-state index contributed by atoms with van der Waals surface area (Å²) >= 11 is 11.5. The lowest BCUT2D eigenvalue weighted by Crippen LogP contribution is -2.27. The van der Waals surface area contributed by atoms with Crippen LogP contribution >= 0.6 is 23.2 Å². The van der Waals surface area contributed by atoms with Gasteiger partial charge in [0.25, 0.3) is 11.6 Å². The number of hydrogen-bond acceptors (Lipinski definition) is 3. The van der Waals surface area contributed by atoms with Crippen LogP contribution in [0.4, 0.5) is 5.69 Å². The third-order valence-electron chi connectivity index (χ3n) is 3.12. The summed E-state index contributed by atoms with van der Waals surface area (Å²) in [4.78, 5) is 22.6. The van der Waals surface area contributed by atoms with E-state index in [2.05, 4.69) is 5.32 Å². The maximum atomic E-state index is 12.2. The second kappa shape index (κ2) is 6.77. The van der Waals surface area contributed by atoms with Crippen LogP contribution in [0.1, 0.15) is 28.9 Å². The first kappa shape index (κ1) is 16.3. The average molecular weight is 339 g/mol. The highest BCUT2D eigenvalue weighted by molar-refractivity contribution is 6.31. The predicted octanol–water partition coefficient (Wildman–Crippen LogP) is 4.39. The van der Waals surface area contributed by atoms with E-state index in [4.69, 9.17) is 23.2 Å². The van der Waals surface area contributed by atoms with Gasteiger partial charge in [-0.1, -0.05) is 35.3 Å². The van der Waals surface area contributed by atoms with Gasteiger partial charge in [-0.3, -0.25) is 14.9 Å². The van der Waals surface area contributed by atoms with Gasteiger partial charge in [-0.2, -0.15) is 0 Å². The van der Waals surface area contributed by atoms with E-state index in [-0.39, 0.29) is 22.3 Å². The van der Waals surface area contributed by atoms with Crippen molar-refractivity contribution < 1.29 is 9.72 Å². The summed E-state index contributed by atoms with van der Waals surface area (Å²) in [6.45, 7) is 1.78. The highest BCUT2D eigenvalue weighted by Crippen LogP contribution is 2.24. The van der Waals surface area contributed by atoms with Gasteiger partial charge in [-0.25, -0.2) is 0 Å². The van der Waals surface area contributed by atoms with E-state index in [1.54, 1.807) is 31.2 Å². The van der Waals surface area contributed by atoms with Crippen LogP contribution in [0.25, 0.3) is 0 Å². The standard InChI is InChI=1S/C15H12Cl2N2O3/c1-9(10-2-4-11(16)5-3-10)18-15(20)13-7-6-12(17)8-14(13)19(21)22/h2-9H,1H3,(H,18,20). The summed E-state index contributed by atoms with van der Waals surface area (Å²) in [6.07, 6.45) is 0. The topological polar surface area (TPSA) is 72.2 Å².